The Labute approximate surface area is 149 Å². The van der Waals surface area contributed by atoms with Gasteiger partial charge in [-0.3, -0.25) is 4.79 Å². The molecule has 0 radical (unpaired) electrons. The van der Waals surface area contributed by atoms with Gasteiger partial charge in [0, 0.05) is 6.54 Å². The molecule has 1 unspecified atom stereocenters. The molecule has 0 aromatic heterocycles. The Bertz CT molecular complexity index is 680. The van der Waals surface area contributed by atoms with E-state index in [-0.39, 0.29) is 0 Å². The Morgan fingerprint density at radius 1 is 1.12 bits per heavy atom. The number of hydrogen-bond donors (Lipinski definition) is 2. The molecule has 0 spiro atoms. The van der Waals surface area contributed by atoms with Gasteiger partial charge in [0.15, 0.2) is 0 Å². The van der Waals surface area contributed by atoms with Crippen molar-refractivity contribution in [3.63, 3.8) is 0 Å². The molecular weight excluding hydrogens is 314 g/mol. The van der Waals surface area contributed by atoms with E-state index in [9.17, 15) is 9.90 Å². The summed E-state index contributed by atoms with van der Waals surface area (Å²) in [6, 6.07) is 15.5. The molecule has 0 heterocycles. The van der Waals surface area contributed by atoms with Crippen molar-refractivity contribution in [3.05, 3.63) is 65.2 Å². The van der Waals surface area contributed by atoms with Crippen molar-refractivity contribution < 1.29 is 14.6 Å². The van der Waals surface area contributed by atoms with Crippen molar-refractivity contribution in [2.24, 2.45) is 5.92 Å². The van der Waals surface area contributed by atoms with Crippen LogP contribution in [0.5, 0.6) is 5.75 Å². The molecule has 2 rings (SSSR count). The van der Waals surface area contributed by atoms with Gasteiger partial charge in [-0.1, -0.05) is 55.8 Å². The average molecular weight is 341 g/mol. The molecule has 0 bridgehead atoms. The van der Waals surface area contributed by atoms with E-state index in [1.54, 1.807) is 0 Å². The zero-order valence-electron chi connectivity index (χ0n) is 15.2. The molecular formula is C21H27NO3. The number of aryl methyl sites for hydroxylation is 1. The number of aliphatic carboxylic acids is 1. The van der Waals surface area contributed by atoms with Gasteiger partial charge >= 0.3 is 5.97 Å². The topological polar surface area (TPSA) is 58.6 Å². The number of benzene rings is 2. The number of hydrogen-bond acceptors (Lipinski definition) is 3. The SMILES string of the molecule is Cc1ccc(COc2cccc(CNC(CC(C)C)C(=O)O)c2)cc1. The molecule has 2 N–H and O–H groups in total. The molecule has 25 heavy (non-hydrogen) atoms. The molecule has 4 nitrogen and oxygen atoms in total. The van der Waals surface area contributed by atoms with Crippen LogP contribution in [0.15, 0.2) is 48.5 Å². The molecule has 0 aliphatic heterocycles. The van der Waals surface area contributed by atoms with Gasteiger partial charge in [-0.2, -0.15) is 0 Å². The van der Waals surface area contributed by atoms with Gasteiger partial charge in [0.25, 0.3) is 0 Å². The van der Waals surface area contributed by atoms with Crippen LogP contribution >= 0.6 is 0 Å². The van der Waals surface area contributed by atoms with Crippen LogP contribution in [0.4, 0.5) is 0 Å². The monoisotopic (exact) mass is 341 g/mol. The first-order valence-electron chi connectivity index (χ1n) is 8.67. The minimum Gasteiger partial charge on any atom is -0.489 e. The Balaban J connectivity index is 1.91. The molecule has 0 fully saturated rings. The lowest BCUT2D eigenvalue weighted by Gasteiger charge is -2.17. The highest BCUT2D eigenvalue weighted by Crippen LogP contribution is 2.16. The highest BCUT2D eigenvalue weighted by molar-refractivity contribution is 5.73. The van der Waals surface area contributed by atoms with Crippen LogP contribution in [-0.4, -0.2) is 17.1 Å². The lowest BCUT2D eigenvalue weighted by Crippen LogP contribution is -2.37. The minimum atomic E-state index is -0.805. The molecule has 0 aliphatic rings. The van der Waals surface area contributed by atoms with E-state index in [4.69, 9.17) is 4.74 Å². The summed E-state index contributed by atoms with van der Waals surface area (Å²) in [6.07, 6.45) is 0.610. The molecule has 1 atom stereocenters. The van der Waals surface area contributed by atoms with E-state index >= 15 is 0 Å². The van der Waals surface area contributed by atoms with Crippen LogP contribution in [0.2, 0.25) is 0 Å². The van der Waals surface area contributed by atoms with Crippen molar-refractivity contribution in [2.45, 2.75) is 46.4 Å². The minimum absolute atomic E-state index is 0.331. The van der Waals surface area contributed by atoms with Crippen LogP contribution in [0.1, 0.15) is 37.0 Å². The van der Waals surface area contributed by atoms with E-state index < -0.39 is 12.0 Å². The molecule has 0 saturated carbocycles. The van der Waals surface area contributed by atoms with Crippen LogP contribution in [-0.2, 0) is 17.9 Å². The molecule has 0 amide bonds. The number of rotatable bonds is 9. The quantitative estimate of drug-likeness (QED) is 0.719. The average Bonchev–Trinajstić information content (AvgIpc) is 2.58. The van der Waals surface area contributed by atoms with E-state index in [0.29, 0.717) is 25.5 Å². The first-order chi connectivity index (χ1) is 11.9. The molecule has 0 aliphatic carbocycles. The van der Waals surface area contributed by atoms with Crippen LogP contribution < -0.4 is 10.1 Å². The highest BCUT2D eigenvalue weighted by atomic mass is 16.5. The standard InChI is InChI=1S/C21H27NO3/c1-15(2)11-20(21(23)24)22-13-18-5-4-6-19(12-18)25-14-17-9-7-16(3)8-10-17/h4-10,12,15,20,22H,11,13-14H2,1-3H3,(H,23,24). The van der Waals surface area contributed by atoms with E-state index in [2.05, 4.69) is 36.5 Å². The van der Waals surface area contributed by atoms with Gasteiger partial charge in [-0.05, 0) is 42.5 Å². The number of carboxylic acids is 1. The summed E-state index contributed by atoms with van der Waals surface area (Å²) in [4.78, 5) is 11.3. The Kier molecular flexibility index (Phi) is 7.02. The fraction of sp³-hybridized carbons (Fsp3) is 0.381. The smallest absolute Gasteiger partial charge is 0.320 e. The predicted octanol–water partition coefficient (Wildman–Crippen LogP) is 4.16. The van der Waals surface area contributed by atoms with Gasteiger partial charge in [-0.25, -0.2) is 0 Å². The summed E-state index contributed by atoms with van der Waals surface area (Å²) in [5.74, 6) is 0.314. The molecule has 2 aromatic rings. The highest BCUT2D eigenvalue weighted by Gasteiger charge is 2.17. The van der Waals surface area contributed by atoms with Crippen molar-refractivity contribution >= 4 is 5.97 Å². The zero-order valence-corrected chi connectivity index (χ0v) is 15.2. The van der Waals surface area contributed by atoms with Gasteiger partial charge in [0.05, 0.1) is 0 Å². The van der Waals surface area contributed by atoms with Crippen molar-refractivity contribution in [1.29, 1.82) is 0 Å². The number of carboxylic acid groups (broad SMARTS) is 1. The van der Waals surface area contributed by atoms with E-state index in [0.717, 1.165) is 16.9 Å². The molecule has 4 heteroatoms. The summed E-state index contributed by atoms with van der Waals surface area (Å²) < 4.78 is 5.85. The maximum absolute atomic E-state index is 11.3. The second-order valence-electron chi connectivity index (χ2n) is 6.82. The molecule has 2 aromatic carbocycles. The lowest BCUT2D eigenvalue weighted by molar-refractivity contribution is -0.140. The maximum atomic E-state index is 11.3. The third-order valence-electron chi connectivity index (χ3n) is 3.98. The normalized spacial score (nSPS) is 12.2. The van der Waals surface area contributed by atoms with Gasteiger partial charge in [-0.15, -0.1) is 0 Å². The third-order valence-corrected chi connectivity index (χ3v) is 3.98. The molecule has 0 saturated heterocycles. The predicted molar refractivity (Wildman–Crippen MR) is 99.7 cm³/mol. The summed E-state index contributed by atoms with van der Waals surface area (Å²) in [5.41, 5.74) is 3.36. The van der Waals surface area contributed by atoms with Crippen molar-refractivity contribution in [2.75, 3.05) is 0 Å². The summed E-state index contributed by atoms with van der Waals surface area (Å²) in [5, 5.41) is 12.4. The van der Waals surface area contributed by atoms with Crippen molar-refractivity contribution in [1.82, 2.24) is 5.32 Å². The summed E-state index contributed by atoms with van der Waals surface area (Å²) in [6.45, 7) is 7.13. The number of nitrogens with one attached hydrogen (secondary N) is 1. The third kappa shape index (κ3) is 6.59. The number of carbonyl (C=O) groups is 1. The Hall–Kier alpha value is -2.33. The number of ether oxygens (including phenoxy) is 1. The van der Waals surface area contributed by atoms with E-state index in [1.165, 1.54) is 5.56 Å². The largest absolute Gasteiger partial charge is 0.489 e. The Morgan fingerprint density at radius 2 is 1.84 bits per heavy atom. The van der Waals surface area contributed by atoms with Crippen LogP contribution in [0.3, 0.4) is 0 Å². The van der Waals surface area contributed by atoms with Crippen LogP contribution in [0, 0.1) is 12.8 Å². The first kappa shape index (κ1) is 19.0. The van der Waals surface area contributed by atoms with Gasteiger partial charge in [0.1, 0.15) is 18.4 Å². The molecule has 134 valence electrons. The zero-order chi connectivity index (χ0) is 18.2. The fourth-order valence-corrected chi connectivity index (χ4v) is 2.58. The first-order valence-corrected chi connectivity index (χ1v) is 8.67. The van der Waals surface area contributed by atoms with Crippen LogP contribution in [0.25, 0.3) is 0 Å². The second-order valence-corrected chi connectivity index (χ2v) is 6.82. The van der Waals surface area contributed by atoms with Gasteiger partial charge < -0.3 is 15.2 Å². The lowest BCUT2D eigenvalue weighted by atomic mass is 10.0. The second kappa shape index (κ2) is 9.23. The maximum Gasteiger partial charge on any atom is 0.320 e. The summed E-state index contributed by atoms with van der Waals surface area (Å²) in [7, 11) is 0. The van der Waals surface area contributed by atoms with E-state index in [1.807, 2.05) is 38.1 Å². The fourth-order valence-electron chi connectivity index (χ4n) is 2.58. The van der Waals surface area contributed by atoms with Crippen molar-refractivity contribution in [3.8, 4) is 5.75 Å². The van der Waals surface area contributed by atoms with Gasteiger partial charge in [0.2, 0.25) is 0 Å². The summed E-state index contributed by atoms with van der Waals surface area (Å²) >= 11 is 0. The Morgan fingerprint density at radius 3 is 2.48 bits per heavy atom.